The molecule has 2 fully saturated rings. The zero-order chi connectivity index (χ0) is 28.7. The lowest BCUT2D eigenvalue weighted by molar-refractivity contribution is -0.155. The highest BCUT2D eigenvalue weighted by atomic mass is 16.6. The van der Waals surface area contributed by atoms with E-state index in [1.807, 2.05) is 80.6 Å². The molecule has 2 aromatic rings. The predicted octanol–water partition coefficient (Wildman–Crippen LogP) is 4.01. The molecule has 1 unspecified atom stereocenters. The highest BCUT2D eigenvalue weighted by Crippen LogP contribution is 2.54. The number of hydrogen-bond acceptors (Lipinski definition) is 6. The number of carbonyl (C=O) groups excluding carboxylic acids is 3. The van der Waals surface area contributed by atoms with Gasteiger partial charge in [-0.15, -0.1) is 0 Å². The number of fused-ring (bicyclic) bond motifs is 3. The van der Waals surface area contributed by atoms with Gasteiger partial charge in [0.15, 0.2) is 0 Å². The number of amides is 2. The highest BCUT2D eigenvalue weighted by Gasteiger charge is 2.72. The number of benzene rings is 2. The van der Waals surface area contributed by atoms with Crippen LogP contribution in [0.15, 0.2) is 66.8 Å². The minimum absolute atomic E-state index is 0.0827. The number of allylic oxidation sites excluding steroid dienone is 1. The molecule has 8 heteroatoms. The molecule has 1 N–H and O–H groups in total. The molecule has 0 aliphatic carbocycles. The third kappa shape index (κ3) is 4.48. The third-order valence-corrected chi connectivity index (χ3v) is 9.43. The van der Waals surface area contributed by atoms with Crippen LogP contribution in [-0.4, -0.2) is 71.3 Å². The van der Waals surface area contributed by atoms with Crippen LogP contribution in [0.25, 0.3) is 10.8 Å². The van der Waals surface area contributed by atoms with E-state index in [2.05, 4.69) is 0 Å². The number of anilines is 1. The summed E-state index contributed by atoms with van der Waals surface area (Å²) < 4.78 is 12.4. The molecule has 4 aliphatic heterocycles. The minimum Gasteiger partial charge on any atom is -0.465 e. The van der Waals surface area contributed by atoms with E-state index in [1.165, 1.54) is 4.90 Å². The van der Waals surface area contributed by atoms with Crippen molar-refractivity contribution in [3.8, 4) is 0 Å². The topological polar surface area (TPSA) is 96.4 Å². The molecule has 216 valence electrons. The van der Waals surface area contributed by atoms with Crippen LogP contribution in [0.4, 0.5) is 5.69 Å². The van der Waals surface area contributed by atoms with Crippen molar-refractivity contribution in [2.45, 2.75) is 63.3 Å². The molecule has 4 heterocycles. The molecule has 41 heavy (non-hydrogen) atoms. The van der Waals surface area contributed by atoms with E-state index >= 15 is 0 Å². The largest absolute Gasteiger partial charge is 0.465 e. The summed E-state index contributed by atoms with van der Waals surface area (Å²) in [6.45, 7) is 4.24. The molecule has 7 atom stereocenters. The first-order valence-corrected chi connectivity index (χ1v) is 14.8. The second-order valence-electron chi connectivity index (χ2n) is 11.7. The average molecular weight is 559 g/mol. The highest BCUT2D eigenvalue weighted by molar-refractivity contribution is 6.06. The quantitative estimate of drug-likeness (QED) is 0.440. The van der Waals surface area contributed by atoms with Crippen molar-refractivity contribution in [2.24, 2.45) is 17.8 Å². The van der Waals surface area contributed by atoms with Crippen molar-refractivity contribution < 1.29 is 29.0 Å². The molecule has 8 nitrogen and oxygen atoms in total. The van der Waals surface area contributed by atoms with Gasteiger partial charge in [-0.1, -0.05) is 74.9 Å². The fraction of sp³-hybridized carbons (Fsp3) is 0.485. The third-order valence-electron chi connectivity index (χ3n) is 9.43. The van der Waals surface area contributed by atoms with Gasteiger partial charge in [0.05, 0.1) is 31.3 Å². The number of cyclic esters (lactones) is 1. The molecule has 0 saturated carbocycles. The minimum atomic E-state index is -1.37. The summed E-state index contributed by atoms with van der Waals surface area (Å²) >= 11 is 0. The Morgan fingerprint density at radius 3 is 2.63 bits per heavy atom. The van der Waals surface area contributed by atoms with E-state index in [-0.39, 0.29) is 37.5 Å². The number of aliphatic hydroxyl groups is 1. The maximum absolute atomic E-state index is 14.7. The van der Waals surface area contributed by atoms with Crippen LogP contribution in [0.5, 0.6) is 0 Å². The SMILES string of the molecule is CC[C@H](C)[C@H](CO)N1C(=O)[C@@H]2[C@H]3C(=O)OCCCC/C=C\[C@H]3O[C@@]23C=CCN(c2ccc4ccccc4c2)C(=O)C13. The van der Waals surface area contributed by atoms with Gasteiger partial charge < -0.3 is 24.4 Å². The normalized spacial score (nSPS) is 32.1. The fourth-order valence-corrected chi connectivity index (χ4v) is 7.10. The molecule has 0 aromatic heterocycles. The average Bonchev–Trinajstić information content (AvgIpc) is 3.37. The Bertz CT molecular complexity index is 1400. The number of nitrogens with zero attached hydrogens (tertiary/aromatic N) is 2. The van der Waals surface area contributed by atoms with E-state index in [4.69, 9.17) is 9.47 Å². The maximum Gasteiger partial charge on any atom is 0.312 e. The van der Waals surface area contributed by atoms with Gasteiger partial charge in [-0.05, 0) is 48.1 Å². The Hall–Kier alpha value is -3.49. The Balaban J connectivity index is 1.48. The summed E-state index contributed by atoms with van der Waals surface area (Å²) in [5.74, 6) is -3.01. The van der Waals surface area contributed by atoms with Crippen LogP contribution in [0.1, 0.15) is 39.5 Å². The molecule has 2 aromatic carbocycles. The summed E-state index contributed by atoms with van der Waals surface area (Å²) in [6, 6.07) is 12.2. The smallest absolute Gasteiger partial charge is 0.312 e. The van der Waals surface area contributed by atoms with E-state index in [9.17, 15) is 19.5 Å². The lowest BCUT2D eigenvalue weighted by Gasteiger charge is -2.40. The van der Waals surface area contributed by atoms with Crippen LogP contribution in [0.3, 0.4) is 0 Å². The molecule has 1 spiro atoms. The van der Waals surface area contributed by atoms with Crippen molar-refractivity contribution in [1.82, 2.24) is 4.90 Å². The van der Waals surface area contributed by atoms with Crippen molar-refractivity contribution in [3.05, 3.63) is 66.8 Å². The molecular weight excluding hydrogens is 520 g/mol. The zero-order valence-corrected chi connectivity index (χ0v) is 23.6. The van der Waals surface area contributed by atoms with Gasteiger partial charge in [-0.25, -0.2) is 0 Å². The molecule has 4 aliphatic rings. The molecule has 2 amide bonds. The number of ether oxygens (including phenoxy) is 2. The summed E-state index contributed by atoms with van der Waals surface area (Å²) in [7, 11) is 0. The molecule has 0 bridgehead atoms. The standard InChI is InChI=1S/C33H38N2O6/c1-3-21(2)25(20-36)35-29-31(38)34(24-15-14-22-11-7-8-12-23(22)19-24)17-10-16-33(29)28(30(35)37)27-26(41-33)13-6-4-5-9-18-40-32(27)39/h6-8,10-16,19,21,25-29,36H,3-5,9,17-18,20H2,1-2H3/b13-6-/t21-,25-,26+,27-,28-,29?,33-/m0/s1. The zero-order valence-electron chi connectivity index (χ0n) is 23.6. The number of rotatable bonds is 5. The lowest BCUT2D eigenvalue weighted by atomic mass is 9.78. The second-order valence-corrected chi connectivity index (χ2v) is 11.7. The molecule has 2 saturated heterocycles. The maximum atomic E-state index is 14.7. The summed E-state index contributed by atoms with van der Waals surface area (Å²) in [4.78, 5) is 45.9. The van der Waals surface area contributed by atoms with Crippen LogP contribution < -0.4 is 4.90 Å². The number of esters is 1. The van der Waals surface area contributed by atoms with E-state index < -0.39 is 41.6 Å². The summed E-state index contributed by atoms with van der Waals surface area (Å²) in [5, 5.41) is 12.6. The van der Waals surface area contributed by atoms with Gasteiger partial charge in [-0.2, -0.15) is 0 Å². The monoisotopic (exact) mass is 558 g/mol. The Morgan fingerprint density at radius 2 is 1.85 bits per heavy atom. The number of hydrogen-bond donors (Lipinski definition) is 1. The Labute approximate surface area is 240 Å². The Kier molecular flexibility index (Phi) is 7.47. The first-order chi connectivity index (χ1) is 19.9. The second kappa shape index (κ2) is 11.1. The van der Waals surface area contributed by atoms with Crippen LogP contribution in [0, 0.1) is 17.8 Å². The van der Waals surface area contributed by atoms with Crippen LogP contribution >= 0.6 is 0 Å². The summed E-state index contributed by atoms with van der Waals surface area (Å²) in [5.41, 5.74) is -0.653. The lowest BCUT2D eigenvalue weighted by Crippen LogP contribution is -2.59. The molecular formula is C33H38N2O6. The van der Waals surface area contributed by atoms with E-state index in [0.717, 1.165) is 30.0 Å². The molecule has 0 radical (unpaired) electrons. The first kappa shape index (κ1) is 27.7. The Morgan fingerprint density at radius 1 is 1.05 bits per heavy atom. The van der Waals surface area contributed by atoms with Crippen LogP contribution in [-0.2, 0) is 23.9 Å². The number of carbonyl (C=O) groups is 3. The van der Waals surface area contributed by atoms with E-state index in [1.54, 1.807) is 4.90 Å². The van der Waals surface area contributed by atoms with Crippen molar-refractivity contribution in [3.63, 3.8) is 0 Å². The van der Waals surface area contributed by atoms with Crippen LogP contribution in [0.2, 0.25) is 0 Å². The van der Waals surface area contributed by atoms with Gasteiger partial charge in [0.2, 0.25) is 5.91 Å². The van der Waals surface area contributed by atoms with Crippen molar-refractivity contribution in [1.29, 1.82) is 0 Å². The van der Waals surface area contributed by atoms with Gasteiger partial charge in [0.1, 0.15) is 17.6 Å². The van der Waals surface area contributed by atoms with Crippen molar-refractivity contribution >= 4 is 34.2 Å². The van der Waals surface area contributed by atoms with Gasteiger partial charge in [0, 0.05) is 12.2 Å². The van der Waals surface area contributed by atoms with Gasteiger partial charge in [0.25, 0.3) is 5.91 Å². The van der Waals surface area contributed by atoms with Gasteiger partial charge >= 0.3 is 5.97 Å². The fourth-order valence-electron chi connectivity index (χ4n) is 7.10. The predicted molar refractivity (Wildman–Crippen MR) is 155 cm³/mol. The number of aliphatic hydroxyl groups excluding tert-OH is 1. The number of likely N-dealkylation sites (tertiary alicyclic amines) is 1. The summed E-state index contributed by atoms with van der Waals surface area (Å²) in [6.07, 6.45) is 10.0. The van der Waals surface area contributed by atoms with Gasteiger partial charge in [-0.3, -0.25) is 14.4 Å². The van der Waals surface area contributed by atoms with Crippen molar-refractivity contribution in [2.75, 3.05) is 24.7 Å². The first-order valence-electron chi connectivity index (χ1n) is 14.8. The molecule has 6 rings (SSSR count). The van der Waals surface area contributed by atoms with E-state index in [0.29, 0.717) is 12.1 Å².